The van der Waals surface area contributed by atoms with Crippen LogP contribution in [0.5, 0.6) is 5.88 Å². The molecule has 31 heavy (non-hydrogen) atoms. The van der Waals surface area contributed by atoms with Gasteiger partial charge in [-0.1, -0.05) is 6.07 Å². The second kappa shape index (κ2) is 10.3. The number of rotatable bonds is 7. The van der Waals surface area contributed by atoms with Gasteiger partial charge in [-0.15, -0.1) is 0 Å². The van der Waals surface area contributed by atoms with Crippen molar-refractivity contribution in [3.63, 3.8) is 0 Å². The standard InChI is InChI=1S/C20H24F4N6O/c1-2-25-19(28-11-14-5-6-17(27-10-14)31-13-20(22,23)24)29-15-7-9-30(12-15)18-16(21)4-3-8-26-18/h3-6,8,10,15H,2,7,9,11-13H2,1H3,(H2,25,28,29). The van der Waals surface area contributed by atoms with Crippen molar-refractivity contribution < 1.29 is 22.3 Å². The van der Waals surface area contributed by atoms with E-state index in [9.17, 15) is 17.6 Å². The molecule has 11 heteroatoms. The summed E-state index contributed by atoms with van der Waals surface area (Å²) >= 11 is 0. The molecule has 0 bridgehead atoms. The summed E-state index contributed by atoms with van der Waals surface area (Å²) in [5.74, 6) is 0.489. The van der Waals surface area contributed by atoms with E-state index in [2.05, 4.69) is 30.3 Å². The number of alkyl halides is 3. The summed E-state index contributed by atoms with van der Waals surface area (Å²) in [6, 6.07) is 6.02. The zero-order valence-electron chi connectivity index (χ0n) is 17.0. The van der Waals surface area contributed by atoms with Crippen LogP contribution < -0.4 is 20.3 Å². The summed E-state index contributed by atoms with van der Waals surface area (Å²) in [6.07, 6.45) is -0.611. The molecule has 3 rings (SSSR count). The maximum atomic E-state index is 14.0. The minimum absolute atomic E-state index is 0.0653. The Morgan fingerprint density at radius 1 is 1.29 bits per heavy atom. The van der Waals surface area contributed by atoms with E-state index in [1.54, 1.807) is 18.3 Å². The third kappa shape index (κ3) is 6.97. The van der Waals surface area contributed by atoms with E-state index in [1.165, 1.54) is 18.3 Å². The molecule has 1 atom stereocenters. The lowest BCUT2D eigenvalue weighted by Gasteiger charge is -2.20. The van der Waals surface area contributed by atoms with Gasteiger partial charge in [-0.2, -0.15) is 13.2 Å². The molecule has 0 aliphatic carbocycles. The van der Waals surface area contributed by atoms with Crippen molar-refractivity contribution in [2.24, 2.45) is 4.99 Å². The summed E-state index contributed by atoms with van der Waals surface area (Å²) in [4.78, 5) is 14.4. The molecule has 0 saturated carbocycles. The largest absolute Gasteiger partial charge is 0.468 e. The molecule has 2 N–H and O–H groups in total. The van der Waals surface area contributed by atoms with Gasteiger partial charge in [0, 0.05) is 44.1 Å². The Bertz CT molecular complexity index is 875. The lowest BCUT2D eigenvalue weighted by Crippen LogP contribution is -2.44. The fourth-order valence-corrected chi connectivity index (χ4v) is 3.11. The van der Waals surface area contributed by atoms with Crippen molar-refractivity contribution in [2.75, 3.05) is 31.1 Å². The van der Waals surface area contributed by atoms with Crippen LogP contribution >= 0.6 is 0 Å². The molecule has 2 aromatic rings. The van der Waals surface area contributed by atoms with E-state index in [0.717, 1.165) is 12.0 Å². The van der Waals surface area contributed by atoms with Gasteiger partial charge in [0.05, 0.1) is 6.54 Å². The first-order valence-corrected chi connectivity index (χ1v) is 9.89. The minimum atomic E-state index is -4.41. The first kappa shape index (κ1) is 22.6. The van der Waals surface area contributed by atoms with Gasteiger partial charge in [-0.3, -0.25) is 0 Å². The Morgan fingerprint density at radius 2 is 2.13 bits per heavy atom. The quantitative estimate of drug-likeness (QED) is 0.392. The third-order valence-corrected chi connectivity index (χ3v) is 4.51. The molecule has 0 aromatic carbocycles. The van der Waals surface area contributed by atoms with Crippen LogP contribution in [0.15, 0.2) is 41.7 Å². The Hall–Kier alpha value is -3.11. The number of nitrogens with zero attached hydrogens (tertiary/aromatic N) is 4. The molecule has 168 valence electrons. The molecule has 1 aliphatic heterocycles. The number of anilines is 1. The summed E-state index contributed by atoms with van der Waals surface area (Å²) < 4.78 is 55.2. The number of aliphatic imine (C=N–C) groups is 1. The number of nitrogens with one attached hydrogen (secondary N) is 2. The molecule has 0 radical (unpaired) electrons. The first-order valence-electron chi connectivity index (χ1n) is 9.89. The van der Waals surface area contributed by atoms with Gasteiger partial charge in [0.2, 0.25) is 5.88 Å². The lowest BCUT2D eigenvalue weighted by molar-refractivity contribution is -0.154. The minimum Gasteiger partial charge on any atom is -0.468 e. The van der Waals surface area contributed by atoms with Crippen LogP contribution in [0.4, 0.5) is 23.4 Å². The van der Waals surface area contributed by atoms with E-state index in [-0.39, 0.29) is 24.3 Å². The molecule has 1 unspecified atom stereocenters. The number of hydrogen-bond acceptors (Lipinski definition) is 5. The van der Waals surface area contributed by atoms with Gasteiger partial charge in [0.1, 0.15) is 0 Å². The second-order valence-electron chi connectivity index (χ2n) is 6.99. The highest BCUT2D eigenvalue weighted by molar-refractivity contribution is 5.80. The monoisotopic (exact) mass is 440 g/mol. The Labute approximate surface area is 177 Å². The summed E-state index contributed by atoms with van der Waals surface area (Å²) in [6.45, 7) is 2.76. The predicted octanol–water partition coefficient (Wildman–Crippen LogP) is 2.89. The maximum Gasteiger partial charge on any atom is 0.422 e. The Kier molecular flexibility index (Phi) is 7.48. The zero-order valence-corrected chi connectivity index (χ0v) is 17.0. The lowest BCUT2D eigenvalue weighted by atomic mass is 10.2. The molecule has 7 nitrogen and oxygen atoms in total. The third-order valence-electron chi connectivity index (χ3n) is 4.51. The number of pyridine rings is 2. The fourth-order valence-electron chi connectivity index (χ4n) is 3.11. The molecule has 0 spiro atoms. The van der Waals surface area contributed by atoms with Crippen LogP contribution in [0.1, 0.15) is 18.9 Å². The van der Waals surface area contributed by atoms with E-state index >= 15 is 0 Å². The maximum absolute atomic E-state index is 14.0. The SMILES string of the molecule is CCNC(=NCc1ccc(OCC(F)(F)F)nc1)NC1CCN(c2ncccc2F)C1. The van der Waals surface area contributed by atoms with E-state index in [4.69, 9.17) is 0 Å². The molecular weight excluding hydrogens is 416 g/mol. The van der Waals surface area contributed by atoms with Crippen molar-refractivity contribution in [1.82, 2.24) is 20.6 Å². The summed E-state index contributed by atoms with van der Waals surface area (Å²) in [5, 5.41) is 6.49. The van der Waals surface area contributed by atoms with Gasteiger partial charge in [0.25, 0.3) is 0 Å². The zero-order chi connectivity index (χ0) is 22.3. The molecular formula is C20H24F4N6O. The smallest absolute Gasteiger partial charge is 0.422 e. The molecule has 2 aromatic heterocycles. The highest BCUT2D eigenvalue weighted by Crippen LogP contribution is 2.21. The Morgan fingerprint density at radius 3 is 2.81 bits per heavy atom. The van der Waals surface area contributed by atoms with Gasteiger partial charge in [-0.25, -0.2) is 19.4 Å². The van der Waals surface area contributed by atoms with E-state index in [1.807, 2.05) is 11.8 Å². The van der Waals surface area contributed by atoms with Crippen molar-refractivity contribution in [2.45, 2.75) is 32.1 Å². The summed E-state index contributed by atoms with van der Waals surface area (Å²) in [5.41, 5.74) is 0.722. The van der Waals surface area contributed by atoms with Crippen molar-refractivity contribution in [1.29, 1.82) is 0 Å². The van der Waals surface area contributed by atoms with Crippen LogP contribution in [0.3, 0.4) is 0 Å². The van der Waals surface area contributed by atoms with Crippen LogP contribution in [0, 0.1) is 5.82 Å². The number of guanidine groups is 1. The first-order chi connectivity index (χ1) is 14.8. The topological polar surface area (TPSA) is 74.7 Å². The average Bonchev–Trinajstić information content (AvgIpc) is 3.19. The number of hydrogen-bond donors (Lipinski definition) is 2. The van der Waals surface area contributed by atoms with Crippen molar-refractivity contribution in [3.05, 3.63) is 48.0 Å². The van der Waals surface area contributed by atoms with Crippen molar-refractivity contribution in [3.8, 4) is 5.88 Å². The normalized spacial score (nSPS) is 17.0. The summed E-state index contributed by atoms with van der Waals surface area (Å²) in [7, 11) is 0. The molecule has 3 heterocycles. The van der Waals surface area contributed by atoms with Gasteiger partial charge in [0.15, 0.2) is 24.2 Å². The van der Waals surface area contributed by atoms with Crippen molar-refractivity contribution >= 4 is 11.8 Å². The molecule has 1 fully saturated rings. The van der Waals surface area contributed by atoms with Crippen LogP contribution in [0.25, 0.3) is 0 Å². The molecule has 1 saturated heterocycles. The predicted molar refractivity (Wildman–Crippen MR) is 109 cm³/mol. The highest BCUT2D eigenvalue weighted by Gasteiger charge is 2.28. The van der Waals surface area contributed by atoms with Gasteiger partial charge >= 0.3 is 6.18 Å². The van der Waals surface area contributed by atoms with E-state index < -0.39 is 12.8 Å². The van der Waals surface area contributed by atoms with Crippen LogP contribution in [0.2, 0.25) is 0 Å². The van der Waals surface area contributed by atoms with Gasteiger partial charge < -0.3 is 20.3 Å². The van der Waals surface area contributed by atoms with E-state index in [0.29, 0.717) is 31.4 Å². The second-order valence-corrected chi connectivity index (χ2v) is 6.99. The molecule has 1 aliphatic rings. The highest BCUT2D eigenvalue weighted by atomic mass is 19.4. The average molecular weight is 440 g/mol. The number of halogens is 4. The molecule has 0 amide bonds. The van der Waals surface area contributed by atoms with Crippen LogP contribution in [-0.4, -0.2) is 54.4 Å². The Balaban J connectivity index is 1.55. The van der Waals surface area contributed by atoms with Crippen LogP contribution in [-0.2, 0) is 6.54 Å². The number of aromatic nitrogens is 2. The number of ether oxygens (including phenoxy) is 1. The fraction of sp³-hybridized carbons (Fsp3) is 0.450. The van der Waals surface area contributed by atoms with Gasteiger partial charge in [-0.05, 0) is 31.0 Å².